The first-order valence-corrected chi connectivity index (χ1v) is 10.3. The summed E-state index contributed by atoms with van der Waals surface area (Å²) in [5, 5.41) is 3.44. The van der Waals surface area contributed by atoms with E-state index < -0.39 is 8.56 Å². The summed E-state index contributed by atoms with van der Waals surface area (Å²) in [5.41, 5.74) is 1.18. The third kappa shape index (κ3) is 7.08. The Morgan fingerprint density at radius 3 is 2.15 bits per heavy atom. The molecule has 4 heteroatoms. The van der Waals surface area contributed by atoms with Crippen LogP contribution in [0.5, 0.6) is 0 Å². The van der Waals surface area contributed by atoms with E-state index in [1.165, 1.54) is 5.69 Å². The normalized spacial score (nSPS) is 11.6. The van der Waals surface area contributed by atoms with E-state index in [0.717, 1.165) is 45.1 Å². The molecular weight excluding hydrogens is 266 g/mol. The Hall–Kier alpha value is -0.843. The average molecular weight is 295 g/mol. The predicted octanol–water partition coefficient (Wildman–Crippen LogP) is 4.41. The Morgan fingerprint density at radius 1 is 1.00 bits per heavy atom. The lowest BCUT2D eigenvalue weighted by Crippen LogP contribution is -2.39. The van der Waals surface area contributed by atoms with Gasteiger partial charge in [0.1, 0.15) is 0 Å². The standard InChI is InChI=1S/C16H29NO2Si/c1-4-13-18-20(3,19-14-5-2)15-9-12-17-16-10-7-6-8-11-16/h6-8,10-11,17H,4-5,9,12-15H2,1-3H3. The molecule has 0 aliphatic rings. The van der Waals surface area contributed by atoms with Gasteiger partial charge in [-0.1, -0.05) is 32.0 Å². The molecule has 0 radical (unpaired) electrons. The first-order chi connectivity index (χ1) is 9.70. The molecule has 0 fully saturated rings. The van der Waals surface area contributed by atoms with Gasteiger partial charge in [0.25, 0.3) is 0 Å². The van der Waals surface area contributed by atoms with Crippen molar-refractivity contribution in [3.8, 4) is 0 Å². The van der Waals surface area contributed by atoms with Crippen molar-refractivity contribution in [2.45, 2.75) is 45.7 Å². The van der Waals surface area contributed by atoms with E-state index in [0.29, 0.717) is 0 Å². The van der Waals surface area contributed by atoms with Crippen LogP contribution in [0.4, 0.5) is 5.69 Å². The summed E-state index contributed by atoms with van der Waals surface area (Å²) >= 11 is 0. The molecule has 1 rings (SSSR count). The Morgan fingerprint density at radius 2 is 1.60 bits per heavy atom. The number of rotatable bonds is 11. The van der Waals surface area contributed by atoms with Gasteiger partial charge in [-0.25, -0.2) is 0 Å². The van der Waals surface area contributed by atoms with Crippen LogP contribution in [-0.4, -0.2) is 28.3 Å². The van der Waals surface area contributed by atoms with Gasteiger partial charge in [0.05, 0.1) is 0 Å². The molecule has 0 saturated carbocycles. The molecule has 114 valence electrons. The van der Waals surface area contributed by atoms with Crippen LogP contribution < -0.4 is 5.32 Å². The van der Waals surface area contributed by atoms with E-state index in [2.05, 4.69) is 50.0 Å². The molecule has 3 nitrogen and oxygen atoms in total. The summed E-state index contributed by atoms with van der Waals surface area (Å²) in [6.07, 6.45) is 3.20. The zero-order chi connectivity index (χ0) is 14.7. The third-order valence-electron chi connectivity index (χ3n) is 3.13. The second kappa shape index (κ2) is 9.97. The molecule has 0 saturated heterocycles. The fraction of sp³-hybridized carbons (Fsp3) is 0.625. The molecule has 1 aromatic rings. The van der Waals surface area contributed by atoms with Crippen molar-refractivity contribution < 1.29 is 8.85 Å². The van der Waals surface area contributed by atoms with Crippen molar-refractivity contribution in [3.63, 3.8) is 0 Å². The van der Waals surface area contributed by atoms with E-state index in [9.17, 15) is 0 Å². The van der Waals surface area contributed by atoms with Crippen molar-refractivity contribution >= 4 is 14.2 Å². The second-order valence-corrected chi connectivity index (χ2v) is 8.57. The lowest BCUT2D eigenvalue weighted by molar-refractivity contribution is 0.173. The Bertz CT molecular complexity index is 338. The van der Waals surface area contributed by atoms with Gasteiger partial charge in [-0.2, -0.15) is 0 Å². The minimum Gasteiger partial charge on any atom is -0.394 e. The lowest BCUT2D eigenvalue weighted by atomic mass is 10.3. The molecule has 0 aromatic heterocycles. The SMILES string of the molecule is CCCO[Si](C)(CCCNc1ccccc1)OCCC. The first kappa shape index (κ1) is 17.2. The van der Waals surface area contributed by atoms with Gasteiger partial charge in [-0.3, -0.25) is 0 Å². The first-order valence-electron chi connectivity index (χ1n) is 7.77. The predicted molar refractivity (Wildman–Crippen MR) is 88.5 cm³/mol. The Labute approximate surface area is 124 Å². The molecule has 0 amide bonds. The van der Waals surface area contributed by atoms with Crippen LogP contribution in [-0.2, 0) is 8.85 Å². The van der Waals surface area contributed by atoms with Crippen LogP contribution in [0.1, 0.15) is 33.1 Å². The number of hydrogen-bond acceptors (Lipinski definition) is 3. The number of hydrogen-bond donors (Lipinski definition) is 1. The van der Waals surface area contributed by atoms with Crippen LogP contribution in [0.15, 0.2) is 30.3 Å². The third-order valence-corrected chi connectivity index (χ3v) is 6.02. The molecule has 1 N–H and O–H groups in total. The van der Waals surface area contributed by atoms with Crippen LogP contribution in [0.3, 0.4) is 0 Å². The zero-order valence-corrected chi connectivity index (χ0v) is 14.2. The fourth-order valence-corrected chi connectivity index (χ4v) is 4.48. The summed E-state index contributed by atoms with van der Waals surface area (Å²) < 4.78 is 12.0. The molecule has 0 aliphatic carbocycles. The Kier molecular flexibility index (Phi) is 8.58. The summed E-state index contributed by atoms with van der Waals surface area (Å²) in [6, 6.07) is 11.4. The van der Waals surface area contributed by atoms with Gasteiger partial charge >= 0.3 is 8.56 Å². The van der Waals surface area contributed by atoms with Gasteiger partial charge in [0, 0.05) is 25.4 Å². The summed E-state index contributed by atoms with van der Waals surface area (Å²) in [4.78, 5) is 0. The zero-order valence-electron chi connectivity index (χ0n) is 13.2. The van der Waals surface area contributed by atoms with Crippen LogP contribution in [0.2, 0.25) is 12.6 Å². The van der Waals surface area contributed by atoms with E-state index in [4.69, 9.17) is 8.85 Å². The van der Waals surface area contributed by atoms with Crippen molar-refractivity contribution in [2.75, 3.05) is 25.1 Å². The van der Waals surface area contributed by atoms with E-state index in [-0.39, 0.29) is 0 Å². The van der Waals surface area contributed by atoms with Crippen molar-refractivity contribution in [1.82, 2.24) is 0 Å². The molecule has 20 heavy (non-hydrogen) atoms. The molecule has 0 unspecified atom stereocenters. The molecule has 1 aromatic carbocycles. The molecule has 0 heterocycles. The minimum absolute atomic E-state index is 0.818. The maximum atomic E-state index is 6.02. The van der Waals surface area contributed by atoms with Gasteiger partial charge in [0.15, 0.2) is 0 Å². The summed E-state index contributed by atoms with van der Waals surface area (Å²) in [7, 11) is -1.97. The quantitative estimate of drug-likeness (QED) is 0.484. The highest BCUT2D eigenvalue weighted by molar-refractivity contribution is 6.66. The Balaban J connectivity index is 2.30. The highest BCUT2D eigenvalue weighted by Gasteiger charge is 2.30. The smallest absolute Gasteiger partial charge is 0.334 e. The van der Waals surface area contributed by atoms with E-state index in [1.54, 1.807) is 0 Å². The molecule has 0 spiro atoms. The highest BCUT2D eigenvalue weighted by Crippen LogP contribution is 2.17. The van der Waals surface area contributed by atoms with E-state index in [1.807, 2.05) is 6.07 Å². The summed E-state index contributed by atoms with van der Waals surface area (Å²) in [5.74, 6) is 0. The molecule has 0 atom stereocenters. The maximum Gasteiger partial charge on any atom is 0.334 e. The van der Waals surface area contributed by atoms with Crippen molar-refractivity contribution in [3.05, 3.63) is 30.3 Å². The number of benzene rings is 1. The largest absolute Gasteiger partial charge is 0.394 e. The average Bonchev–Trinajstić information content (AvgIpc) is 2.49. The molecule has 0 aliphatic heterocycles. The van der Waals surface area contributed by atoms with Crippen LogP contribution in [0, 0.1) is 0 Å². The number of para-hydroxylation sites is 1. The molecular formula is C16H29NO2Si. The van der Waals surface area contributed by atoms with Gasteiger partial charge < -0.3 is 14.2 Å². The maximum absolute atomic E-state index is 6.02. The van der Waals surface area contributed by atoms with Gasteiger partial charge in [-0.15, -0.1) is 0 Å². The monoisotopic (exact) mass is 295 g/mol. The van der Waals surface area contributed by atoms with Crippen molar-refractivity contribution in [2.24, 2.45) is 0 Å². The lowest BCUT2D eigenvalue weighted by Gasteiger charge is -2.27. The van der Waals surface area contributed by atoms with Crippen LogP contribution >= 0.6 is 0 Å². The second-order valence-electron chi connectivity index (χ2n) is 5.23. The fourth-order valence-electron chi connectivity index (χ4n) is 2.02. The number of anilines is 1. The van der Waals surface area contributed by atoms with Gasteiger partial charge in [-0.05, 0) is 44.0 Å². The topological polar surface area (TPSA) is 30.5 Å². The summed E-state index contributed by atoms with van der Waals surface area (Å²) in [6.45, 7) is 9.09. The molecule has 0 bridgehead atoms. The highest BCUT2D eigenvalue weighted by atomic mass is 28.4. The van der Waals surface area contributed by atoms with Crippen molar-refractivity contribution in [1.29, 1.82) is 0 Å². The minimum atomic E-state index is -1.97. The van der Waals surface area contributed by atoms with E-state index >= 15 is 0 Å². The van der Waals surface area contributed by atoms with Gasteiger partial charge in [0.2, 0.25) is 0 Å². The number of nitrogens with one attached hydrogen (secondary N) is 1. The van der Waals surface area contributed by atoms with Crippen LogP contribution in [0.25, 0.3) is 0 Å².